The van der Waals surface area contributed by atoms with E-state index >= 15 is 0 Å². The van der Waals surface area contributed by atoms with Gasteiger partial charge in [0.25, 0.3) is 0 Å². The molecule has 0 atom stereocenters. The molecule has 152 valence electrons. The first kappa shape index (κ1) is 20.9. The quantitative estimate of drug-likeness (QED) is 0.561. The molecule has 0 spiro atoms. The fraction of sp³-hybridized carbons (Fsp3) is 0.320. The van der Waals surface area contributed by atoms with Crippen LogP contribution in [0, 0.1) is 6.92 Å². The lowest BCUT2D eigenvalue weighted by Crippen LogP contribution is -2.34. The third-order valence-corrected chi connectivity index (χ3v) is 5.07. The number of benzene rings is 2. The van der Waals surface area contributed by atoms with E-state index in [9.17, 15) is 0 Å². The van der Waals surface area contributed by atoms with Crippen molar-refractivity contribution in [3.63, 3.8) is 0 Å². The molecule has 0 amide bonds. The summed E-state index contributed by atoms with van der Waals surface area (Å²) in [5.74, 6) is 1.40. The Balaban J connectivity index is 2.44. The third kappa shape index (κ3) is 4.28. The Morgan fingerprint density at radius 3 is 2.38 bits per heavy atom. The van der Waals surface area contributed by atoms with Gasteiger partial charge >= 0.3 is 0 Å². The number of ether oxygens (including phenoxy) is 2. The van der Waals surface area contributed by atoms with Gasteiger partial charge in [0.1, 0.15) is 0 Å². The number of aromatic nitrogens is 1. The van der Waals surface area contributed by atoms with Gasteiger partial charge in [-0.1, -0.05) is 24.3 Å². The topological polar surface area (TPSA) is 57.4 Å². The molecule has 3 rings (SSSR count). The Morgan fingerprint density at radius 1 is 1.10 bits per heavy atom. The molecule has 0 fully saturated rings. The number of para-hydroxylation sites is 1. The smallest absolute Gasteiger partial charge is 0.161 e. The number of nitrogens with two attached hydrogens (primary N) is 1. The van der Waals surface area contributed by atoms with E-state index in [1.165, 1.54) is 5.56 Å². The zero-order valence-corrected chi connectivity index (χ0v) is 18.0. The summed E-state index contributed by atoms with van der Waals surface area (Å²) in [7, 11) is 3.32. The van der Waals surface area contributed by atoms with Crippen molar-refractivity contribution in [3.8, 4) is 22.6 Å². The molecule has 0 saturated carbocycles. The summed E-state index contributed by atoms with van der Waals surface area (Å²) in [4.78, 5) is 4.83. The first-order valence-corrected chi connectivity index (χ1v) is 9.82. The molecule has 2 N–H and O–H groups in total. The largest absolute Gasteiger partial charge is 0.493 e. The number of hydrogen-bond donors (Lipinski definition) is 1. The molecule has 1 aromatic heterocycles. The molecule has 4 heteroatoms. The molecule has 4 nitrogen and oxygen atoms in total. The van der Waals surface area contributed by atoms with Crippen LogP contribution in [-0.2, 0) is 12.8 Å². The average Bonchev–Trinajstić information content (AvgIpc) is 2.67. The predicted molar refractivity (Wildman–Crippen MR) is 121 cm³/mol. The van der Waals surface area contributed by atoms with E-state index in [-0.39, 0.29) is 5.54 Å². The highest BCUT2D eigenvalue weighted by atomic mass is 16.5. The molecule has 29 heavy (non-hydrogen) atoms. The van der Waals surface area contributed by atoms with E-state index in [1.54, 1.807) is 14.2 Å². The van der Waals surface area contributed by atoms with Crippen LogP contribution in [0.15, 0.2) is 49.1 Å². The molecule has 0 bridgehead atoms. The number of nitrogens with zero attached hydrogens (tertiary/aromatic N) is 1. The van der Waals surface area contributed by atoms with Gasteiger partial charge in [0, 0.05) is 16.6 Å². The normalized spacial score (nSPS) is 11.5. The van der Waals surface area contributed by atoms with Gasteiger partial charge in [0.15, 0.2) is 11.5 Å². The van der Waals surface area contributed by atoms with Gasteiger partial charge in [-0.25, -0.2) is 0 Å². The average molecular weight is 391 g/mol. The van der Waals surface area contributed by atoms with Gasteiger partial charge in [-0.3, -0.25) is 4.98 Å². The second kappa shape index (κ2) is 8.26. The highest BCUT2D eigenvalue weighted by molar-refractivity contribution is 5.98. The Kier molecular flexibility index (Phi) is 5.94. The van der Waals surface area contributed by atoms with Crippen LogP contribution in [0.5, 0.6) is 11.5 Å². The molecular formula is C25H30N2O2. The van der Waals surface area contributed by atoms with E-state index in [2.05, 4.69) is 31.7 Å². The number of hydrogen-bond acceptors (Lipinski definition) is 4. The standard InChI is InChI=1S/C25H30N2O2/c1-7-10-18-16(2)27-21-12-9-8-11-19(21)24(18)20-14-23(29-6)22(28-5)13-17(20)15-25(3,4)26/h7-9,11-14H,1,10,15,26H2,2-6H3. The van der Waals surface area contributed by atoms with Crippen molar-refractivity contribution in [1.29, 1.82) is 0 Å². The molecule has 0 saturated heterocycles. The number of allylic oxidation sites excluding steroid dienone is 1. The van der Waals surface area contributed by atoms with Crippen molar-refractivity contribution in [3.05, 3.63) is 65.9 Å². The third-order valence-electron chi connectivity index (χ3n) is 5.07. The molecule has 0 unspecified atom stereocenters. The number of fused-ring (bicyclic) bond motifs is 1. The minimum atomic E-state index is -0.370. The minimum absolute atomic E-state index is 0.370. The van der Waals surface area contributed by atoms with Gasteiger partial charge in [-0.05, 0) is 74.1 Å². The van der Waals surface area contributed by atoms with Crippen LogP contribution in [0.3, 0.4) is 0 Å². The number of rotatable bonds is 7. The lowest BCUT2D eigenvalue weighted by molar-refractivity contribution is 0.354. The van der Waals surface area contributed by atoms with Crippen LogP contribution < -0.4 is 15.2 Å². The van der Waals surface area contributed by atoms with Crippen LogP contribution in [-0.4, -0.2) is 24.7 Å². The summed E-state index contributed by atoms with van der Waals surface area (Å²) in [6, 6.07) is 12.4. The second-order valence-corrected chi connectivity index (χ2v) is 8.09. The first-order chi connectivity index (χ1) is 13.8. The predicted octanol–water partition coefficient (Wildman–Crippen LogP) is 5.24. The summed E-state index contributed by atoms with van der Waals surface area (Å²) < 4.78 is 11.2. The van der Waals surface area contributed by atoms with E-state index in [0.29, 0.717) is 17.9 Å². The zero-order valence-electron chi connectivity index (χ0n) is 18.0. The van der Waals surface area contributed by atoms with E-state index in [4.69, 9.17) is 20.2 Å². The molecule has 1 heterocycles. The fourth-order valence-corrected chi connectivity index (χ4v) is 3.87. The number of aryl methyl sites for hydroxylation is 1. The SMILES string of the molecule is C=CCc1c(C)nc2ccccc2c1-c1cc(OC)c(OC)cc1CC(C)(C)N. The molecule has 2 aromatic carbocycles. The maximum atomic E-state index is 6.42. The van der Waals surface area contributed by atoms with Gasteiger partial charge in [-0.15, -0.1) is 6.58 Å². The molecule has 0 aliphatic heterocycles. The molecular weight excluding hydrogens is 360 g/mol. The first-order valence-electron chi connectivity index (χ1n) is 9.82. The number of pyridine rings is 1. The van der Waals surface area contributed by atoms with Crippen molar-refractivity contribution in [2.45, 2.75) is 39.2 Å². The molecule has 0 radical (unpaired) electrons. The zero-order chi connectivity index (χ0) is 21.2. The van der Waals surface area contributed by atoms with Gasteiger partial charge in [0.2, 0.25) is 0 Å². The van der Waals surface area contributed by atoms with Crippen LogP contribution in [0.1, 0.15) is 30.7 Å². The molecule has 3 aromatic rings. The number of methoxy groups -OCH3 is 2. The van der Waals surface area contributed by atoms with Crippen LogP contribution in [0.2, 0.25) is 0 Å². The van der Waals surface area contributed by atoms with Crippen LogP contribution in [0.25, 0.3) is 22.0 Å². The summed E-state index contributed by atoms with van der Waals surface area (Å²) in [5.41, 5.74) is 12.6. The van der Waals surface area contributed by atoms with Gasteiger partial charge < -0.3 is 15.2 Å². The Hall–Kier alpha value is -2.85. The lowest BCUT2D eigenvalue weighted by atomic mass is 9.85. The Labute approximate surface area is 173 Å². The highest BCUT2D eigenvalue weighted by Gasteiger charge is 2.22. The second-order valence-electron chi connectivity index (χ2n) is 8.09. The summed E-state index contributed by atoms with van der Waals surface area (Å²) >= 11 is 0. The summed E-state index contributed by atoms with van der Waals surface area (Å²) in [5, 5.41) is 1.11. The van der Waals surface area contributed by atoms with Crippen molar-refractivity contribution < 1.29 is 9.47 Å². The van der Waals surface area contributed by atoms with Crippen molar-refractivity contribution >= 4 is 10.9 Å². The Morgan fingerprint density at radius 2 is 1.76 bits per heavy atom. The fourth-order valence-electron chi connectivity index (χ4n) is 3.87. The van der Waals surface area contributed by atoms with E-state index < -0.39 is 0 Å². The summed E-state index contributed by atoms with van der Waals surface area (Å²) in [6.07, 6.45) is 3.36. The van der Waals surface area contributed by atoms with Crippen LogP contribution in [0.4, 0.5) is 0 Å². The maximum Gasteiger partial charge on any atom is 0.161 e. The van der Waals surface area contributed by atoms with Crippen molar-refractivity contribution in [2.75, 3.05) is 14.2 Å². The van der Waals surface area contributed by atoms with Gasteiger partial charge in [-0.2, -0.15) is 0 Å². The molecule has 0 aliphatic rings. The van der Waals surface area contributed by atoms with E-state index in [0.717, 1.165) is 39.7 Å². The van der Waals surface area contributed by atoms with Crippen molar-refractivity contribution in [1.82, 2.24) is 4.98 Å². The Bertz CT molecular complexity index is 1050. The highest BCUT2D eigenvalue weighted by Crippen LogP contribution is 2.41. The lowest BCUT2D eigenvalue weighted by Gasteiger charge is -2.24. The van der Waals surface area contributed by atoms with Crippen molar-refractivity contribution in [2.24, 2.45) is 5.73 Å². The van der Waals surface area contributed by atoms with E-state index in [1.807, 2.05) is 38.1 Å². The van der Waals surface area contributed by atoms with Crippen LogP contribution >= 0.6 is 0 Å². The minimum Gasteiger partial charge on any atom is -0.493 e. The maximum absolute atomic E-state index is 6.42. The monoisotopic (exact) mass is 390 g/mol. The molecule has 0 aliphatic carbocycles. The summed E-state index contributed by atoms with van der Waals surface area (Å²) in [6.45, 7) is 10.1. The van der Waals surface area contributed by atoms with Gasteiger partial charge in [0.05, 0.1) is 19.7 Å².